The van der Waals surface area contributed by atoms with Gasteiger partial charge in [-0.3, -0.25) is 4.79 Å². The number of rotatable bonds is 6. The molecule has 0 bridgehead atoms. The summed E-state index contributed by atoms with van der Waals surface area (Å²) in [6.45, 7) is 2.99. The standard InChI is InChI=1S/C29H28ClN5O3/c1-19-16-21(30)10-13-25(19)33-29(37)34-15-14-26-24(18-34)27(36)35(22-6-4-3-5-7-22)28(32-26)31-17-20-8-11-23(38-2)12-9-20/h3-13,16H,14-15,17-18H2,1-2H3,(H,31,32)(H,33,37). The van der Waals surface area contributed by atoms with Crippen LogP contribution in [0.5, 0.6) is 5.75 Å². The number of ether oxygens (including phenoxy) is 1. The van der Waals surface area contributed by atoms with E-state index in [1.807, 2.05) is 61.5 Å². The van der Waals surface area contributed by atoms with Crippen LogP contribution in [0.4, 0.5) is 16.4 Å². The van der Waals surface area contributed by atoms with Crippen molar-refractivity contribution in [2.75, 3.05) is 24.3 Å². The number of halogens is 1. The van der Waals surface area contributed by atoms with E-state index in [1.54, 1.807) is 34.8 Å². The van der Waals surface area contributed by atoms with Crippen molar-refractivity contribution in [1.29, 1.82) is 0 Å². The topological polar surface area (TPSA) is 88.5 Å². The average molecular weight is 530 g/mol. The van der Waals surface area contributed by atoms with Crippen molar-refractivity contribution in [2.45, 2.75) is 26.4 Å². The minimum absolute atomic E-state index is 0.172. The van der Waals surface area contributed by atoms with Crippen LogP contribution in [0.1, 0.15) is 22.4 Å². The Balaban J connectivity index is 1.43. The first-order valence-corrected chi connectivity index (χ1v) is 12.7. The molecule has 4 aromatic rings. The van der Waals surface area contributed by atoms with Gasteiger partial charge in [-0.15, -0.1) is 0 Å². The number of hydrogen-bond acceptors (Lipinski definition) is 5. The van der Waals surface area contributed by atoms with Gasteiger partial charge in [0, 0.05) is 30.2 Å². The SMILES string of the molecule is COc1ccc(CNc2nc3c(c(=O)n2-c2ccccc2)CN(C(=O)Nc2ccc(Cl)cc2C)CC3)cc1. The predicted molar refractivity (Wildman–Crippen MR) is 149 cm³/mol. The molecular formula is C29H28ClN5O3. The second kappa shape index (κ2) is 11.0. The quantitative estimate of drug-likeness (QED) is 0.349. The van der Waals surface area contributed by atoms with Crippen LogP contribution in [0.2, 0.25) is 5.02 Å². The highest BCUT2D eigenvalue weighted by atomic mass is 35.5. The molecule has 2 amide bonds. The smallest absolute Gasteiger partial charge is 0.322 e. The van der Waals surface area contributed by atoms with Crippen LogP contribution in [-0.4, -0.2) is 34.1 Å². The third-order valence-corrected chi connectivity index (χ3v) is 6.81. The Labute approximate surface area is 225 Å². The second-order valence-corrected chi connectivity index (χ2v) is 9.54. The van der Waals surface area contributed by atoms with Gasteiger partial charge < -0.3 is 20.3 Å². The van der Waals surface area contributed by atoms with Gasteiger partial charge in [-0.2, -0.15) is 0 Å². The summed E-state index contributed by atoms with van der Waals surface area (Å²) in [6.07, 6.45) is 0.477. The third-order valence-electron chi connectivity index (χ3n) is 6.57. The molecule has 0 radical (unpaired) electrons. The van der Waals surface area contributed by atoms with Crippen molar-refractivity contribution in [3.8, 4) is 11.4 Å². The van der Waals surface area contributed by atoms with Crippen molar-refractivity contribution in [2.24, 2.45) is 0 Å². The van der Waals surface area contributed by atoms with E-state index in [-0.39, 0.29) is 18.1 Å². The Hall–Kier alpha value is -4.30. The molecule has 0 fully saturated rings. The van der Waals surface area contributed by atoms with Gasteiger partial charge in [-0.1, -0.05) is 41.9 Å². The highest BCUT2D eigenvalue weighted by molar-refractivity contribution is 6.30. The minimum atomic E-state index is -0.270. The number of urea groups is 1. The normalized spacial score (nSPS) is 12.6. The van der Waals surface area contributed by atoms with Gasteiger partial charge in [0.1, 0.15) is 5.75 Å². The first-order valence-electron chi connectivity index (χ1n) is 12.3. The molecule has 9 heteroatoms. The molecule has 2 N–H and O–H groups in total. The molecule has 1 aromatic heterocycles. The summed E-state index contributed by atoms with van der Waals surface area (Å²) >= 11 is 6.05. The third kappa shape index (κ3) is 5.35. The summed E-state index contributed by atoms with van der Waals surface area (Å²) in [5, 5.41) is 6.89. The van der Waals surface area contributed by atoms with Gasteiger partial charge in [0.2, 0.25) is 5.95 Å². The first-order chi connectivity index (χ1) is 18.4. The summed E-state index contributed by atoms with van der Waals surface area (Å²) in [7, 11) is 1.63. The summed E-state index contributed by atoms with van der Waals surface area (Å²) in [5.74, 6) is 1.24. The lowest BCUT2D eigenvalue weighted by atomic mass is 10.1. The number of carbonyl (C=O) groups excluding carboxylic acids is 1. The minimum Gasteiger partial charge on any atom is -0.497 e. The molecule has 194 valence electrons. The van der Waals surface area contributed by atoms with E-state index < -0.39 is 0 Å². The average Bonchev–Trinajstić information content (AvgIpc) is 2.94. The highest BCUT2D eigenvalue weighted by Crippen LogP contribution is 2.23. The van der Waals surface area contributed by atoms with Gasteiger partial charge in [0.25, 0.3) is 5.56 Å². The molecule has 0 atom stereocenters. The number of nitrogens with zero attached hydrogens (tertiary/aromatic N) is 3. The van der Waals surface area contributed by atoms with Gasteiger partial charge in [-0.05, 0) is 60.5 Å². The highest BCUT2D eigenvalue weighted by Gasteiger charge is 2.27. The van der Waals surface area contributed by atoms with Crippen LogP contribution in [0.3, 0.4) is 0 Å². The fraction of sp³-hybridized carbons (Fsp3) is 0.207. The number of carbonyl (C=O) groups is 1. The molecule has 0 spiro atoms. The number of hydrogen-bond donors (Lipinski definition) is 2. The number of aryl methyl sites for hydroxylation is 1. The molecule has 8 nitrogen and oxygen atoms in total. The van der Waals surface area contributed by atoms with E-state index in [0.717, 1.165) is 16.9 Å². The maximum absolute atomic E-state index is 13.8. The van der Waals surface area contributed by atoms with Crippen molar-refractivity contribution >= 4 is 29.3 Å². The molecule has 1 aliphatic heterocycles. The maximum Gasteiger partial charge on any atom is 0.322 e. The van der Waals surface area contributed by atoms with Gasteiger partial charge in [-0.25, -0.2) is 14.3 Å². The molecule has 0 unspecified atom stereocenters. The molecule has 38 heavy (non-hydrogen) atoms. The van der Waals surface area contributed by atoms with E-state index in [9.17, 15) is 9.59 Å². The van der Waals surface area contributed by atoms with Crippen molar-refractivity contribution in [3.05, 3.63) is 111 Å². The van der Waals surface area contributed by atoms with Crippen molar-refractivity contribution in [1.82, 2.24) is 14.5 Å². The van der Waals surface area contributed by atoms with Crippen LogP contribution < -0.4 is 20.9 Å². The van der Waals surface area contributed by atoms with E-state index in [1.165, 1.54) is 0 Å². The van der Waals surface area contributed by atoms with Crippen molar-refractivity contribution < 1.29 is 9.53 Å². The Bertz CT molecular complexity index is 1520. The lowest BCUT2D eigenvalue weighted by molar-refractivity contribution is 0.205. The molecule has 5 rings (SSSR count). The Morgan fingerprint density at radius 1 is 1.08 bits per heavy atom. The van der Waals surface area contributed by atoms with Crippen LogP contribution in [0.25, 0.3) is 5.69 Å². The monoisotopic (exact) mass is 529 g/mol. The summed E-state index contributed by atoms with van der Waals surface area (Å²) in [5.41, 5.74) is 4.29. The van der Waals surface area contributed by atoms with Crippen LogP contribution in [-0.2, 0) is 19.5 Å². The lowest BCUT2D eigenvalue weighted by Gasteiger charge is -2.29. The molecule has 1 aliphatic rings. The zero-order chi connectivity index (χ0) is 26.6. The second-order valence-electron chi connectivity index (χ2n) is 9.10. The summed E-state index contributed by atoms with van der Waals surface area (Å²) in [4.78, 5) is 33.4. The lowest BCUT2D eigenvalue weighted by Crippen LogP contribution is -2.43. The summed E-state index contributed by atoms with van der Waals surface area (Å²) < 4.78 is 6.82. The number of aromatic nitrogens is 2. The zero-order valence-corrected chi connectivity index (χ0v) is 22.0. The predicted octanol–water partition coefficient (Wildman–Crippen LogP) is 5.41. The molecule has 2 heterocycles. The largest absolute Gasteiger partial charge is 0.497 e. The molecule has 0 saturated heterocycles. The molecule has 0 aliphatic carbocycles. The number of nitrogens with one attached hydrogen (secondary N) is 2. The number of methoxy groups -OCH3 is 1. The summed E-state index contributed by atoms with van der Waals surface area (Å²) in [6, 6.07) is 22.1. The number of benzene rings is 3. The number of para-hydroxylation sites is 1. The van der Waals surface area contributed by atoms with Gasteiger partial charge in [0.05, 0.1) is 30.6 Å². The molecular weight excluding hydrogens is 502 g/mol. The Morgan fingerprint density at radius 3 is 2.55 bits per heavy atom. The van der Waals surface area contributed by atoms with Crippen LogP contribution >= 0.6 is 11.6 Å². The van der Waals surface area contributed by atoms with E-state index >= 15 is 0 Å². The Morgan fingerprint density at radius 2 is 1.84 bits per heavy atom. The molecule has 0 saturated carbocycles. The number of amides is 2. The van der Waals surface area contributed by atoms with E-state index in [2.05, 4.69) is 10.6 Å². The van der Waals surface area contributed by atoms with E-state index in [0.29, 0.717) is 53.1 Å². The van der Waals surface area contributed by atoms with Gasteiger partial charge >= 0.3 is 6.03 Å². The first kappa shape index (κ1) is 25.4. The van der Waals surface area contributed by atoms with Gasteiger partial charge in [0.15, 0.2) is 0 Å². The van der Waals surface area contributed by atoms with Crippen molar-refractivity contribution in [3.63, 3.8) is 0 Å². The fourth-order valence-electron chi connectivity index (χ4n) is 4.47. The maximum atomic E-state index is 13.8. The Kier molecular flexibility index (Phi) is 7.33. The zero-order valence-electron chi connectivity index (χ0n) is 21.2. The fourth-order valence-corrected chi connectivity index (χ4v) is 4.70. The molecule has 3 aromatic carbocycles. The van der Waals surface area contributed by atoms with Crippen LogP contribution in [0, 0.1) is 6.92 Å². The number of anilines is 2. The van der Waals surface area contributed by atoms with E-state index in [4.69, 9.17) is 21.3 Å². The van der Waals surface area contributed by atoms with Crippen LogP contribution in [0.15, 0.2) is 77.6 Å². The number of fused-ring (bicyclic) bond motifs is 1.